The van der Waals surface area contributed by atoms with Gasteiger partial charge in [0.15, 0.2) is 0 Å². The lowest BCUT2D eigenvalue weighted by atomic mass is 10.0. The Kier molecular flexibility index (Phi) is 3.88. The molecule has 0 bridgehead atoms. The van der Waals surface area contributed by atoms with Crippen LogP contribution in [0.25, 0.3) is 11.3 Å². The van der Waals surface area contributed by atoms with Gasteiger partial charge in [-0.25, -0.2) is 9.97 Å². The molecule has 26 heavy (non-hydrogen) atoms. The first kappa shape index (κ1) is 16.2. The molecule has 130 valence electrons. The first-order valence-corrected chi connectivity index (χ1v) is 8.45. The Labute approximate surface area is 151 Å². The summed E-state index contributed by atoms with van der Waals surface area (Å²) in [5, 5.41) is 0. The monoisotopic (exact) mass is 345 g/mol. The molecule has 3 aromatic rings. The number of anilines is 1. The van der Waals surface area contributed by atoms with Gasteiger partial charge in [0.25, 0.3) is 5.91 Å². The van der Waals surface area contributed by atoms with E-state index in [-0.39, 0.29) is 11.9 Å². The molecule has 6 heteroatoms. The number of hydrogen-bond acceptors (Lipinski definition) is 5. The number of carbonyl (C=O) groups excluding carboxylic acids is 1. The maximum absolute atomic E-state index is 13.1. The standard InChI is InChI=1S/C20H19N5O/c1-12-5-6-13(2)15(8-12)19(26)25-10-16-17(11-25)23-20(21)24-18(16)14-4-3-7-22-9-14/h3-9H,10-11H2,1-2H3,(H2,21,23,24). The number of nitrogen functional groups attached to an aromatic ring is 1. The molecule has 2 N–H and O–H groups in total. The van der Waals surface area contributed by atoms with Gasteiger partial charge in [-0.15, -0.1) is 0 Å². The Balaban J connectivity index is 1.71. The topological polar surface area (TPSA) is 85.0 Å². The molecule has 0 saturated heterocycles. The highest BCUT2D eigenvalue weighted by molar-refractivity contribution is 5.96. The number of nitrogens with zero attached hydrogens (tertiary/aromatic N) is 4. The van der Waals surface area contributed by atoms with Gasteiger partial charge in [0.2, 0.25) is 5.95 Å². The summed E-state index contributed by atoms with van der Waals surface area (Å²) < 4.78 is 0. The van der Waals surface area contributed by atoms with Crippen LogP contribution in [0.15, 0.2) is 42.7 Å². The minimum Gasteiger partial charge on any atom is -0.368 e. The van der Waals surface area contributed by atoms with Crippen molar-refractivity contribution < 1.29 is 4.79 Å². The number of hydrogen-bond donors (Lipinski definition) is 1. The van der Waals surface area contributed by atoms with Crippen LogP contribution in [-0.2, 0) is 13.1 Å². The molecule has 2 aromatic heterocycles. The van der Waals surface area contributed by atoms with Gasteiger partial charge in [-0.05, 0) is 37.6 Å². The summed E-state index contributed by atoms with van der Waals surface area (Å²) in [4.78, 5) is 27.8. The Morgan fingerprint density at radius 1 is 1.15 bits per heavy atom. The number of nitrogens with two attached hydrogens (primary N) is 1. The van der Waals surface area contributed by atoms with Crippen molar-refractivity contribution in [3.8, 4) is 11.3 Å². The second kappa shape index (κ2) is 6.22. The van der Waals surface area contributed by atoms with Gasteiger partial charge >= 0.3 is 0 Å². The van der Waals surface area contributed by atoms with Gasteiger partial charge in [0.05, 0.1) is 24.5 Å². The average molecular weight is 345 g/mol. The summed E-state index contributed by atoms with van der Waals surface area (Å²) in [6.45, 7) is 4.84. The zero-order valence-corrected chi connectivity index (χ0v) is 14.7. The van der Waals surface area contributed by atoms with Crippen LogP contribution in [0.2, 0.25) is 0 Å². The largest absolute Gasteiger partial charge is 0.368 e. The molecule has 0 atom stereocenters. The Hall–Kier alpha value is -3.28. The molecule has 1 aromatic carbocycles. The highest BCUT2D eigenvalue weighted by Gasteiger charge is 2.29. The SMILES string of the molecule is Cc1ccc(C)c(C(=O)N2Cc3nc(N)nc(-c4cccnc4)c3C2)c1. The minimum absolute atomic E-state index is 0.0000851. The van der Waals surface area contributed by atoms with Gasteiger partial charge in [-0.3, -0.25) is 9.78 Å². The number of fused-ring (bicyclic) bond motifs is 1. The summed E-state index contributed by atoms with van der Waals surface area (Å²) in [5.41, 5.74) is 12.0. The molecular weight excluding hydrogens is 326 g/mol. The zero-order chi connectivity index (χ0) is 18.3. The van der Waals surface area contributed by atoms with Crippen LogP contribution >= 0.6 is 0 Å². The Morgan fingerprint density at radius 2 is 2.00 bits per heavy atom. The quantitative estimate of drug-likeness (QED) is 0.772. The van der Waals surface area contributed by atoms with Gasteiger partial charge in [0, 0.05) is 29.1 Å². The first-order chi connectivity index (χ1) is 12.5. The third kappa shape index (κ3) is 2.79. The number of pyridine rings is 1. The van der Waals surface area contributed by atoms with Crippen molar-refractivity contribution in [2.45, 2.75) is 26.9 Å². The van der Waals surface area contributed by atoms with E-state index in [0.717, 1.165) is 39.2 Å². The third-order valence-electron chi connectivity index (χ3n) is 4.65. The summed E-state index contributed by atoms with van der Waals surface area (Å²) in [5.74, 6) is 0.212. The van der Waals surface area contributed by atoms with E-state index in [1.165, 1.54) is 0 Å². The normalized spacial score (nSPS) is 12.9. The Morgan fingerprint density at radius 3 is 2.77 bits per heavy atom. The average Bonchev–Trinajstić information content (AvgIpc) is 3.07. The Bertz CT molecular complexity index is 1000. The van der Waals surface area contributed by atoms with Crippen LogP contribution < -0.4 is 5.73 Å². The molecule has 1 aliphatic heterocycles. The van der Waals surface area contributed by atoms with E-state index < -0.39 is 0 Å². The minimum atomic E-state index is -0.0000851. The second-order valence-electron chi connectivity index (χ2n) is 6.58. The number of carbonyl (C=O) groups is 1. The number of rotatable bonds is 2. The molecule has 0 aliphatic carbocycles. The number of aromatic nitrogens is 3. The summed E-state index contributed by atoms with van der Waals surface area (Å²) in [6.07, 6.45) is 3.46. The van der Waals surface area contributed by atoms with Gasteiger partial charge in [-0.1, -0.05) is 17.7 Å². The molecule has 0 unspecified atom stereocenters. The molecule has 1 aliphatic rings. The van der Waals surface area contributed by atoms with Crippen molar-refractivity contribution in [1.29, 1.82) is 0 Å². The molecular formula is C20H19N5O. The lowest BCUT2D eigenvalue weighted by molar-refractivity contribution is 0.0749. The lowest BCUT2D eigenvalue weighted by Crippen LogP contribution is -2.26. The fourth-order valence-corrected chi connectivity index (χ4v) is 3.30. The predicted octanol–water partition coefficient (Wildman–Crippen LogP) is 2.89. The van der Waals surface area contributed by atoms with Crippen molar-refractivity contribution in [3.05, 3.63) is 70.7 Å². The number of aryl methyl sites for hydroxylation is 2. The van der Waals surface area contributed by atoms with Crippen molar-refractivity contribution in [2.75, 3.05) is 5.73 Å². The maximum atomic E-state index is 13.1. The fourth-order valence-electron chi connectivity index (χ4n) is 3.30. The van der Waals surface area contributed by atoms with E-state index >= 15 is 0 Å². The molecule has 0 radical (unpaired) electrons. The van der Waals surface area contributed by atoms with E-state index in [1.54, 1.807) is 17.3 Å². The molecule has 0 spiro atoms. The maximum Gasteiger partial charge on any atom is 0.254 e. The summed E-state index contributed by atoms with van der Waals surface area (Å²) in [6, 6.07) is 9.71. The van der Waals surface area contributed by atoms with Crippen LogP contribution in [0, 0.1) is 13.8 Å². The molecule has 4 rings (SSSR count). The third-order valence-corrected chi connectivity index (χ3v) is 4.65. The zero-order valence-electron chi connectivity index (χ0n) is 14.7. The van der Waals surface area contributed by atoms with Crippen LogP contribution in [0.4, 0.5) is 5.95 Å². The molecule has 1 amide bonds. The molecule has 0 saturated carbocycles. The fraction of sp³-hybridized carbons (Fsp3) is 0.200. The number of amides is 1. The van der Waals surface area contributed by atoms with E-state index in [1.807, 2.05) is 44.2 Å². The van der Waals surface area contributed by atoms with Crippen LogP contribution in [0.1, 0.15) is 32.7 Å². The van der Waals surface area contributed by atoms with E-state index in [9.17, 15) is 4.79 Å². The van der Waals surface area contributed by atoms with Gasteiger partial charge < -0.3 is 10.6 Å². The lowest BCUT2D eigenvalue weighted by Gasteiger charge is -2.17. The van der Waals surface area contributed by atoms with Crippen molar-refractivity contribution in [2.24, 2.45) is 0 Å². The molecule has 6 nitrogen and oxygen atoms in total. The molecule has 3 heterocycles. The van der Waals surface area contributed by atoms with Crippen molar-refractivity contribution in [3.63, 3.8) is 0 Å². The van der Waals surface area contributed by atoms with Crippen LogP contribution in [-0.4, -0.2) is 25.8 Å². The van der Waals surface area contributed by atoms with E-state index in [4.69, 9.17) is 5.73 Å². The predicted molar refractivity (Wildman–Crippen MR) is 99.2 cm³/mol. The second-order valence-corrected chi connectivity index (χ2v) is 6.58. The summed E-state index contributed by atoms with van der Waals surface area (Å²) in [7, 11) is 0. The molecule has 0 fully saturated rings. The van der Waals surface area contributed by atoms with Crippen molar-refractivity contribution in [1.82, 2.24) is 19.9 Å². The summed E-state index contributed by atoms with van der Waals surface area (Å²) >= 11 is 0. The number of benzene rings is 1. The van der Waals surface area contributed by atoms with Gasteiger partial charge in [-0.2, -0.15) is 0 Å². The van der Waals surface area contributed by atoms with E-state index in [2.05, 4.69) is 15.0 Å². The smallest absolute Gasteiger partial charge is 0.254 e. The first-order valence-electron chi connectivity index (χ1n) is 8.45. The highest BCUT2D eigenvalue weighted by Crippen LogP contribution is 2.31. The van der Waals surface area contributed by atoms with Crippen LogP contribution in [0.3, 0.4) is 0 Å². The van der Waals surface area contributed by atoms with Gasteiger partial charge in [0.1, 0.15) is 0 Å². The van der Waals surface area contributed by atoms with Crippen LogP contribution in [0.5, 0.6) is 0 Å². The highest BCUT2D eigenvalue weighted by atomic mass is 16.2. The van der Waals surface area contributed by atoms with E-state index in [0.29, 0.717) is 13.1 Å². The van der Waals surface area contributed by atoms with Crippen molar-refractivity contribution >= 4 is 11.9 Å².